The first-order valence-electron chi connectivity index (χ1n) is 28.3. The monoisotopic (exact) mass is 975 g/mol. The van der Waals surface area contributed by atoms with Crippen LogP contribution >= 0.6 is 0 Å². The van der Waals surface area contributed by atoms with Crippen LogP contribution in [0.25, 0.3) is 0 Å². The Balaban J connectivity index is 1.85. The molecule has 0 bridgehead atoms. The van der Waals surface area contributed by atoms with Crippen LogP contribution in [0.4, 0.5) is 4.79 Å². The van der Waals surface area contributed by atoms with Crippen LogP contribution in [0.5, 0.6) is 0 Å². The number of rotatable bonds is 46. The van der Waals surface area contributed by atoms with Crippen LogP contribution in [0.1, 0.15) is 226 Å². The number of hydrogen-bond acceptors (Lipinski definition) is 11. The molecule has 0 atom stereocenters. The van der Waals surface area contributed by atoms with Crippen LogP contribution in [0.3, 0.4) is 0 Å². The first-order chi connectivity index (χ1) is 33.8. The lowest BCUT2D eigenvalue weighted by molar-refractivity contribution is -0.159. The minimum Gasteiger partial charge on any atom is -0.466 e. The van der Waals surface area contributed by atoms with E-state index in [2.05, 4.69) is 44.5 Å². The summed E-state index contributed by atoms with van der Waals surface area (Å²) in [7, 11) is 2.16. The van der Waals surface area contributed by atoms with Gasteiger partial charge in [-0.3, -0.25) is 9.59 Å². The highest BCUT2D eigenvalue weighted by Crippen LogP contribution is 2.27. The van der Waals surface area contributed by atoms with E-state index in [0.717, 1.165) is 186 Å². The van der Waals surface area contributed by atoms with Crippen LogP contribution in [0, 0.1) is 0 Å². The summed E-state index contributed by atoms with van der Waals surface area (Å²) in [5.74, 6) is -0.368. The average Bonchev–Trinajstić information content (AvgIpc) is 3.36. The third kappa shape index (κ3) is 33.5. The summed E-state index contributed by atoms with van der Waals surface area (Å²) >= 11 is 0. The van der Waals surface area contributed by atoms with Crippen molar-refractivity contribution in [1.29, 1.82) is 0 Å². The van der Waals surface area contributed by atoms with Gasteiger partial charge in [0.1, 0.15) is 6.61 Å². The number of piperidine rings is 1. The maximum Gasteiger partial charge on any atom is 0.410 e. The molecule has 0 saturated carbocycles. The van der Waals surface area contributed by atoms with E-state index >= 15 is 0 Å². The molecule has 69 heavy (non-hydrogen) atoms. The highest BCUT2D eigenvalue weighted by molar-refractivity contribution is 5.69. The van der Waals surface area contributed by atoms with E-state index in [-0.39, 0.29) is 49.3 Å². The molecular weight excluding hydrogens is 873 g/mol. The zero-order valence-electron chi connectivity index (χ0n) is 44.8. The second-order valence-corrected chi connectivity index (χ2v) is 19.4. The number of benzene rings is 1. The smallest absolute Gasteiger partial charge is 0.410 e. The Labute approximate surface area is 421 Å². The quantitative estimate of drug-likeness (QED) is 0.0268. The van der Waals surface area contributed by atoms with E-state index < -0.39 is 0 Å². The molecular formula is C57H102N2O10. The standard InChI is InChI=1S/C57H102N2O10/c1-6-10-25-45-65-55(66-46-26-11-7-2)37-35-53(60)63-43-29-18-14-16-23-33-51(59(52-39-41-58(5)42-40-52)57(62)69-49-50-31-21-20-22-32-50)34-24-17-15-19-30-44-64-54(61)36-38-56(67-47-27-12-8-3)68-48-28-13-9-4/h20-22,31-32,51-52,55-56H,6-19,23-30,33-49H2,1-5H3. The summed E-state index contributed by atoms with van der Waals surface area (Å²) in [6.45, 7) is 14.4. The summed E-state index contributed by atoms with van der Waals surface area (Å²) < 4.78 is 41.2. The van der Waals surface area contributed by atoms with Crippen LogP contribution in [-0.4, -0.2) is 112 Å². The van der Waals surface area contributed by atoms with Crippen LogP contribution < -0.4 is 0 Å². The molecule has 1 aromatic rings. The lowest BCUT2D eigenvalue weighted by Crippen LogP contribution is -2.51. The van der Waals surface area contributed by atoms with Gasteiger partial charge in [-0.1, -0.05) is 161 Å². The van der Waals surface area contributed by atoms with Gasteiger partial charge in [-0.2, -0.15) is 0 Å². The van der Waals surface area contributed by atoms with Crippen LogP contribution in [0.2, 0.25) is 0 Å². The molecule has 0 radical (unpaired) electrons. The minimum absolute atomic E-state index is 0.105. The molecule has 12 heteroatoms. The first kappa shape index (κ1) is 62.3. The Morgan fingerprint density at radius 1 is 0.507 bits per heavy atom. The van der Waals surface area contributed by atoms with Gasteiger partial charge in [-0.25, -0.2) is 4.79 Å². The molecule has 0 N–H and O–H groups in total. The molecule has 0 spiro atoms. The Kier molecular flexibility index (Phi) is 39.7. The second kappa shape index (κ2) is 44.0. The number of carbonyl (C=O) groups is 3. The zero-order chi connectivity index (χ0) is 49.8. The second-order valence-electron chi connectivity index (χ2n) is 19.4. The Bertz CT molecular complexity index is 1260. The molecule has 1 aliphatic rings. The van der Waals surface area contributed by atoms with E-state index in [0.29, 0.717) is 65.3 Å². The van der Waals surface area contributed by atoms with Gasteiger partial charge in [0.05, 0.1) is 26.1 Å². The Morgan fingerprint density at radius 2 is 0.899 bits per heavy atom. The van der Waals surface area contributed by atoms with Crippen molar-refractivity contribution >= 4 is 18.0 Å². The Morgan fingerprint density at radius 3 is 1.32 bits per heavy atom. The van der Waals surface area contributed by atoms with Gasteiger partial charge in [0.15, 0.2) is 12.6 Å². The summed E-state index contributed by atoms with van der Waals surface area (Å²) in [5.41, 5.74) is 0.993. The predicted octanol–water partition coefficient (Wildman–Crippen LogP) is 13.9. The van der Waals surface area contributed by atoms with Crippen molar-refractivity contribution in [3.8, 4) is 0 Å². The number of carbonyl (C=O) groups excluding carboxylic acids is 3. The average molecular weight is 975 g/mol. The highest BCUT2D eigenvalue weighted by atomic mass is 16.7. The van der Waals surface area contributed by atoms with Gasteiger partial charge in [0.2, 0.25) is 0 Å². The summed E-state index contributed by atoms with van der Waals surface area (Å²) in [5, 5.41) is 0. The van der Waals surface area contributed by atoms with Crippen molar-refractivity contribution in [3.05, 3.63) is 35.9 Å². The fourth-order valence-electron chi connectivity index (χ4n) is 8.80. The molecule has 1 heterocycles. The molecule has 1 aliphatic heterocycles. The fraction of sp³-hybridized carbons (Fsp3) is 0.842. The summed E-state index contributed by atoms with van der Waals surface area (Å²) in [6, 6.07) is 10.2. The van der Waals surface area contributed by atoms with Gasteiger partial charge in [0.25, 0.3) is 0 Å². The molecule has 0 aliphatic carbocycles. The van der Waals surface area contributed by atoms with Crippen molar-refractivity contribution in [2.45, 2.75) is 252 Å². The van der Waals surface area contributed by atoms with Crippen molar-refractivity contribution in [1.82, 2.24) is 9.80 Å². The number of likely N-dealkylation sites (tertiary alicyclic amines) is 1. The van der Waals surface area contributed by atoms with E-state index in [9.17, 15) is 14.4 Å². The van der Waals surface area contributed by atoms with E-state index in [1.807, 2.05) is 30.3 Å². The SMILES string of the molecule is CCCCCOC(CCC(=O)OCCCCCCCC(CCCCCCCOC(=O)CCC(OCCCCC)OCCCCC)N(C(=O)OCc1ccccc1)C1CCN(C)CC1)OCCCCC. The molecule has 0 unspecified atom stereocenters. The lowest BCUT2D eigenvalue weighted by atomic mass is 9.95. The third-order valence-electron chi connectivity index (χ3n) is 13.2. The normalized spacial score (nSPS) is 13.4. The van der Waals surface area contributed by atoms with E-state index in [1.54, 1.807) is 0 Å². The number of hydrogen-bond donors (Lipinski definition) is 0. The predicted molar refractivity (Wildman–Crippen MR) is 278 cm³/mol. The number of unbranched alkanes of at least 4 members (excludes halogenated alkanes) is 16. The molecule has 2 rings (SSSR count). The number of esters is 2. The number of nitrogens with zero attached hydrogens (tertiary/aromatic N) is 2. The molecule has 1 aromatic carbocycles. The van der Waals surface area contributed by atoms with E-state index in [1.165, 1.54) is 0 Å². The molecule has 0 aromatic heterocycles. The van der Waals surface area contributed by atoms with Crippen molar-refractivity contribution < 1.29 is 47.5 Å². The van der Waals surface area contributed by atoms with Crippen molar-refractivity contribution in [2.75, 3.05) is 59.8 Å². The highest BCUT2D eigenvalue weighted by Gasteiger charge is 2.33. The maximum absolute atomic E-state index is 14.1. The van der Waals surface area contributed by atoms with Gasteiger partial charge >= 0.3 is 18.0 Å². The van der Waals surface area contributed by atoms with Gasteiger partial charge in [-0.05, 0) is 89.9 Å². The molecule has 1 amide bonds. The van der Waals surface area contributed by atoms with Gasteiger partial charge in [-0.15, -0.1) is 0 Å². The first-order valence-corrected chi connectivity index (χ1v) is 28.3. The van der Waals surface area contributed by atoms with Gasteiger partial charge < -0.3 is 43.0 Å². The molecule has 1 saturated heterocycles. The fourth-order valence-corrected chi connectivity index (χ4v) is 8.80. The summed E-state index contributed by atoms with van der Waals surface area (Å²) in [6.07, 6.45) is 27.6. The lowest BCUT2D eigenvalue weighted by Gasteiger charge is -2.41. The van der Waals surface area contributed by atoms with Crippen molar-refractivity contribution in [2.24, 2.45) is 0 Å². The van der Waals surface area contributed by atoms with Gasteiger partial charge in [0, 0.05) is 51.4 Å². The minimum atomic E-state index is -0.351. The molecule has 12 nitrogen and oxygen atoms in total. The topological polar surface area (TPSA) is 122 Å². The zero-order valence-corrected chi connectivity index (χ0v) is 44.8. The number of amides is 1. The molecule has 400 valence electrons. The molecule has 1 fully saturated rings. The number of ether oxygens (including phenoxy) is 7. The van der Waals surface area contributed by atoms with Crippen LogP contribution in [0.15, 0.2) is 30.3 Å². The largest absolute Gasteiger partial charge is 0.466 e. The van der Waals surface area contributed by atoms with Crippen molar-refractivity contribution in [3.63, 3.8) is 0 Å². The Hall–Kier alpha value is -2.77. The summed E-state index contributed by atoms with van der Waals surface area (Å²) in [4.78, 5) is 43.8. The van der Waals surface area contributed by atoms with Crippen LogP contribution in [-0.2, 0) is 49.4 Å². The van der Waals surface area contributed by atoms with E-state index in [4.69, 9.17) is 33.2 Å². The third-order valence-corrected chi connectivity index (χ3v) is 13.2. The maximum atomic E-state index is 14.1.